The molecule has 2 N–H and O–H groups in total. The molecule has 0 aliphatic heterocycles. The van der Waals surface area contributed by atoms with Crippen LogP contribution in [0.2, 0.25) is 0 Å². The molecular weight excluding hydrogens is 295 g/mol. The average molecular weight is 301 g/mol. The van der Waals surface area contributed by atoms with Crippen LogP contribution in [0.25, 0.3) is 11.0 Å². The van der Waals surface area contributed by atoms with Gasteiger partial charge in [-0.25, -0.2) is 4.98 Å². The first-order valence-corrected chi connectivity index (χ1v) is 5.82. The van der Waals surface area contributed by atoms with Gasteiger partial charge in [-0.15, -0.1) is 0 Å². The standard InChI is InChI=1S/C7H5BrN2O3S.Na.H/c8-5-1-4-2-6(14(11,12)13)10-7(4)9-3-5;;/h1-3H,(H,9,10)(H,11,12,13);;. The molecule has 0 radical (unpaired) electrons. The van der Waals surface area contributed by atoms with Crippen LogP contribution < -0.4 is 0 Å². The van der Waals surface area contributed by atoms with Crippen LogP contribution in [0.4, 0.5) is 0 Å². The number of pyridine rings is 1. The van der Waals surface area contributed by atoms with E-state index < -0.39 is 10.1 Å². The Labute approximate surface area is 116 Å². The molecule has 0 unspecified atom stereocenters. The molecule has 0 amide bonds. The van der Waals surface area contributed by atoms with Crippen molar-refractivity contribution in [1.29, 1.82) is 0 Å². The van der Waals surface area contributed by atoms with Gasteiger partial charge < -0.3 is 4.98 Å². The Morgan fingerprint density at radius 1 is 1.40 bits per heavy atom. The van der Waals surface area contributed by atoms with Gasteiger partial charge in [-0.1, -0.05) is 0 Å². The first kappa shape index (κ1) is 13.1. The summed E-state index contributed by atoms with van der Waals surface area (Å²) in [6.07, 6.45) is 1.53. The monoisotopic (exact) mass is 300 g/mol. The van der Waals surface area contributed by atoms with Gasteiger partial charge >= 0.3 is 39.7 Å². The van der Waals surface area contributed by atoms with Crippen LogP contribution in [-0.4, -0.2) is 52.5 Å². The second kappa shape index (κ2) is 4.52. The molecule has 2 aromatic heterocycles. The van der Waals surface area contributed by atoms with E-state index in [1.54, 1.807) is 6.07 Å². The van der Waals surface area contributed by atoms with Crippen molar-refractivity contribution < 1.29 is 13.0 Å². The average Bonchev–Trinajstić information content (AvgIpc) is 2.45. The van der Waals surface area contributed by atoms with E-state index in [0.29, 0.717) is 11.0 Å². The van der Waals surface area contributed by atoms with Gasteiger partial charge in [-0.3, -0.25) is 4.55 Å². The quantitative estimate of drug-likeness (QED) is 0.606. The Bertz CT molecular complexity index is 595. The number of nitrogens with zero attached hydrogens (tertiary/aromatic N) is 1. The Kier molecular flexibility index (Phi) is 3.96. The summed E-state index contributed by atoms with van der Waals surface area (Å²) in [4.78, 5) is 6.43. The molecule has 2 rings (SSSR count). The zero-order valence-corrected chi connectivity index (χ0v) is 9.13. The maximum atomic E-state index is 10.8. The third-order valence-corrected chi connectivity index (χ3v) is 2.90. The molecule has 8 heteroatoms. The number of hydrogen-bond acceptors (Lipinski definition) is 3. The van der Waals surface area contributed by atoms with Gasteiger partial charge in [0.05, 0.1) is 0 Å². The first-order valence-electron chi connectivity index (χ1n) is 3.58. The van der Waals surface area contributed by atoms with Crippen LogP contribution in [0, 0.1) is 0 Å². The van der Waals surface area contributed by atoms with E-state index >= 15 is 0 Å². The fourth-order valence-electron chi connectivity index (χ4n) is 1.10. The molecule has 0 spiro atoms. The van der Waals surface area contributed by atoms with Crippen molar-refractivity contribution in [2.75, 3.05) is 0 Å². The van der Waals surface area contributed by atoms with Gasteiger partial charge in [0.1, 0.15) is 5.65 Å². The Morgan fingerprint density at radius 3 is 2.67 bits per heavy atom. The fourth-order valence-corrected chi connectivity index (χ4v) is 1.95. The van der Waals surface area contributed by atoms with Crippen LogP contribution >= 0.6 is 15.9 Å². The van der Waals surface area contributed by atoms with Crippen molar-refractivity contribution in [2.24, 2.45) is 0 Å². The molecular formula is C7H6BrN2NaO3S. The van der Waals surface area contributed by atoms with E-state index in [4.69, 9.17) is 4.55 Å². The van der Waals surface area contributed by atoms with E-state index in [0.717, 1.165) is 4.47 Å². The molecule has 0 fully saturated rings. The summed E-state index contributed by atoms with van der Waals surface area (Å²) in [7, 11) is -4.19. The van der Waals surface area contributed by atoms with Crippen molar-refractivity contribution in [3.05, 3.63) is 22.8 Å². The minimum absolute atomic E-state index is 0. The van der Waals surface area contributed by atoms with E-state index in [2.05, 4.69) is 25.9 Å². The predicted octanol–water partition coefficient (Wildman–Crippen LogP) is 0.924. The van der Waals surface area contributed by atoms with Gasteiger partial charge in [0.25, 0.3) is 0 Å². The number of H-pyrrole nitrogens is 1. The number of fused-ring (bicyclic) bond motifs is 1. The number of rotatable bonds is 1. The number of hydrogen-bond donors (Lipinski definition) is 2. The zero-order chi connectivity index (χ0) is 10.3. The molecule has 0 aliphatic carbocycles. The van der Waals surface area contributed by atoms with Gasteiger partial charge in [0.15, 0.2) is 5.03 Å². The first-order chi connectivity index (χ1) is 6.47. The number of aromatic nitrogens is 2. The van der Waals surface area contributed by atoms with Crippen LogP contribution in [0.3, 0.4) is 0 Å². The van der Waals surface area contributed by atoms with Crippen molar-refractivity contribution in [3.63, 3.8) is 0 Å². The second-order valence-corrected chi connectivity index (χ2v) is 5.01. The normalized spacial score (nSPS) is 11.3. The molecule has 2 heterocycles. The van der Waals surface area contributed by atoms with Crippen LogP contribution in [0.1, 0.15) is 0 Å². The van der Waals surface area contributed by atoms with Gasteiger partial charge in [-0.2, -0.15) is 8.42 Å². The minimum atomic E-state index is -4.19. The summed E-state index contributed by atoms with van der Waals surface area (Å²) in [6.45, 7) is 0. The molecule has 5 nitrogen and oxygen atoms in total. The molecule has 76 valence electrons. The summed E-state index contributed by atoms with van der Waals surface area (Å²) in [5.41, 5.74) is 0.417. The molecule has 0 saturated heterocycles. The van der Waals surface area contributed by atoms with Crippen LogP contribution in [-0.2, 0) is 10.1 Å². The Balaban J connectivity index is 0.00000112. The van der Waals surface area contributed by atoms with E-state index in [-0.39, 0.29) is 34.6 Å². The molecule has 0 saturated carbocycles. The van der Waals surface area contributed by atoms with E-state index in [1.165, 1.54) is 12.3 Å². The summed E-state index contributed by atoms with van der Waals surface area (Å²) in [5, 5.41) is 0.366. The van der Waals surface area contributed by atoms with Gasteiger partial charge in [-0.05, 0) is 28.1 Å². The zero-order valence-electron chi connectivity index (χ0n) is 6.73. The summed E-state index contributed by atoms with van der Waals surface area (Å²) in [5.74, 6) is 0. The van der Waals surface area contributed by atoms with Crippen molar-refractivity contribution in [1.82, 2.24) is 9.97 Å². The molecule has 0 aromatic carbocycles. The Hall–Kier alpha value is 0.0800. The number of aromatic amines is 1. The summed E-state index contributed by atoms with van der Waals surface area (Å²) in [6, 6.07) is 3.02. The van der Waals surface area contributed by atoms with Crippen molar-refractivity contribution in [3.8, 4) is 0 Å². The number of halogens is 1. The maximum absolute atomic E-state index is 10.8. The molecule has 15 heavy (non-hydrogen) atoms. The summed E-state index contributed by atoms with van der Waals surface area (Å²) < 4.78 is 31.0. The van der Waals surface area contributed by atoms with E-state index in [1.807, 2.05) is 0 Å². The topological polar surface area (TPSA) is 83.1 Å². The molecule has 0 bridgehead atoms. The van der Waals surface area contributed by atoms with Crippen LogP contribution in [0.15, 0.2) is 27.8 Å². The Morgan fingerprint density at radius 2 is 2.07 bits per heavy atom. The molecule has 2 aromatic rings. The van der Waals surface area contributed by atoms with E-state index in [9.17, 15) is 8.42 Å². The van der Waals surface area contributed by atoms with Crippen molar-refractivity contribution in [2.45, 2.75) is 5.03 Å². The van der Waals surface area contributed by atoms with Gasteiger partial charge in [0.2, 0.25) is 0 Å². The fraction of sp³-hybridized carbons (Fsp3) is 0. The third kappa shape index (κ3) is 2.80. The van der Waals surface area contributed by atoms with Gasteiger partial charge in [0, 0.05) is 16.1 Å². The van der Waals surface area contributed by atoms with Crippen molar-refractivity contribution >= 4 is 66.6 Å². The molecule has 0 aliphatic rings. The predicted molar refractivity (Wildman–Crippen MR) is 60.8 cm³/mol. The SMILES string of the molecule is O=S(=O)(O)c1cc2cc(Br)cnc2[nH]1.[NaH]. The number of nitrogens with one attached hydrogen (secondary N) is 1. The summed E-state index contributed by atoms with van der Waals surface area (Å²) >= 11 is 3.20. The third-order valence-electron chi connectivity index (χ3n) is 1.69. The second-order valence-electron chi connectivity index (χ2n) is 2.70. The molecule has 0 atom stereocenters. The van der Waals surface area contributed by atoms with Crippen LogP contribution in [0.5, 0.6) is 0 Å².